The molecule has 11 heteroatoms. The summed E-state index contributed by atoms with van der Waals surface area (Å²) in [6.45, 7) is 4.51. The third-order valence-electron chi connectivity index (χ3n) is 6.15. The van der Waals surface area contributed by atoms with Crippen molar-refractivity contribution >= 4 is 60.5 Å². The second-order valence-corrected chi connectivity index (χ2v) is 12.0. The number of anilines is 1. The molecule has 0 fully saturated rings. The van der Waals surface area contributed by atoms with Gasteiger partial charge in [-0.3, -0.25) is 0 Å². The quantitative estimate of drug-likeness (QED) is 0.213. The molecule has 37 heavy (non-hydrogen) atoms. The molecule has 3 heterocycles. The highest BCUT2D eigenvalue weighted by Gasteiger charge is 2.32. The molecule has 0 saturated heterocycles. The van der Waals surface area contributed by atoms with Gasteiger partial charge in [0.05, 0.1) is 27.2 Å². The normalized spacial score (nSPS) is 15.6. The Morgan fingerprint density at radius 1 is 1.03 bits per heavy atom. The van der Waals surface area contributed by atoms with Crippen molar-refractivity contribution in [2.75, 3.05) is 18.1 Å². The van der Waals surface area contributed by atoms with Gasteiger partial charge in [-0.15, -0.1) is 39.7 Å². The predicted octanol–water partition coefficient (Wildman–Crippen LogP) is 6.97. The average Bonchev–Trinajstić information content (AvgIpc) is 3.66. The van der Waals surface area contributed by atoms with E-state index < -0.39 is 10.0 Å². The fourth-order valence-electron chi connectivity index (χ4n) is 4.24. The van der Waals surface area contributed by atoms with Crippen molar-refractivity contribution in [3.05, 3.63) is 87.7 Å². The Kier molecular flexibility index (Phi) is 8.59. The van der Waals surface area contributed by atoms with Gasteiger partial charge in [-0.1, -0.05) is 44.2 Å². The Bertz CT molecular complexity index is 1470. The molecule has 1 atom stereocenters. The molecule has 2 aromatic carbocycles. The number of thiophene rings is 1. The van der Waals surface area contributed by atoms with Gasteiger partial charge in [0.15, 0.2) is 0 Å². The van der Waals surface area contributed by atoms with Gasteiger partial charge in [0.2, 0.25) is 15.2 Å². The van der Waals surface area contributed by atoms with Gasteiger partial charge in [0, 0.05) is 30.5 Å². The van der Waals surface area contributed by atoms with E-state index in [-0.39, 0.29) is 33.7 Å². The number of benzene rings is 2. The van der Waals surface area contributed by atoms with Crippen molar-refractivity contribution in [1.29, 1.82) is 0 Å². The number of aromatic nitrogens is 1. The minimum Gasteiger partial charge on any atom is -0.231 e. The van der Waals surface area contributed by atoms with Gasteiger partial charge in [-0.2, -0.15) is 9.41 Å². The maximum absolute atomic E-state index is 13.6. The van der Waals surface area contributed by atoms with E-state index in [2.05, 4.69) is 6.07 Å². The lowest BCUT2D eigenvalue weighted by atomic mass is 10.0. The molecule has 5 rings (SSSR count). The van der Waals surface area contributed by atoms with Crippen LogP contribution in [-0.4, -0.2) is 36.5 Å². The molecule has 1 unspecified atom stereocenters. The minimum atomic E-state index is -3.51. The maximum atomic E-state index is 13.6. The summed E-state index contributed by atoms with van der Waals surface area (Å²) in [6, 6.07) is 17.3. The van der Waals surface area contributed by atoms with E-state index >= 15 is 0 Å². The third kappa shape index (κ3) is 5.56. The van der Waals surface area contributed by atoms with Crippen molar-refractivity contribution in [3.63, 3.8) is 0 Å². The second-order valence-electron chi connectivity index (χ2n) is 8.27. The average molecular weight is 622 g/mol. The molecule has 1 aliphatic heterocycles. The number of halogens is 2. The Balaban J connectivity index is 0.00000320. The van der Waals surface area contributed by atoms with Gasteiger partial charge >= 0.3 is 0 Å². The smallest absolute Gasteiger partial charge is 0.231 e. The molecule has 0 saturated carbocycles. The van der Waals surface area contributed by atoms with Crippen LogP contribution in [0.4, 0.5) is 9.52 Å². The number of hydrogen-bond acceptors (Lipinski definition) is 7. The molecular weight excluding hydrogens is 595 g/mol. The summed E-state index contributed by atoms with van der Waals surface area (Å²) in [5, 5.41) is 11.5. The Morgan fingerprint density at radius 3 is 2.35 bits per heavy atom. The first-order chi connectivity index (χ1) is 17.4. The zero-order chi connectivity index (χ0) is 25.3. The molecule has 0 radical (unpaired) electrons. The summed E-state index contributed by atoms with van der Waals surface area (Å²) in [7, 11) is -3.51. The number of sulfonamides is 1. The molecule has 6 nitrogen and oxygen atoms in total. The lowest BCUT2D eigenvalue weighted by Crippen LogP contribution is -2.30. The van der Waals surface area contributed by atoms with Crippen molar-refractivity contribution in [2.45, 2.75) is 31.2 Å². The standard InChI is InChI=1S/C26H25FN4O2S3.BrH/c1-3-30(4-2)36(32,33)21-13-9-18(10-14-21)23-17-35-26(28-23)31-24(19-7-11-20(27)12-8-19)16-22(29-31)25-6-5-15-34-25;/h5-15,17,24H,3-4,16H2,1-2H3;1H. The van der Waals surface area contributed by atoms with Gasteiger partial charge in [0.1, 0.15) is 5.82 Å². The molecule has 0 bridgehead atoms. The maximum Gasteiger partial charge on any atom is 0.243 e. The topological polar surface area (TPSA) is 65.9 Å². The van der Waals surface area contributed by atoms with Crippen LogP contribution in [0.2, 0.25) is 0 Å². The Labute approximate surface area is 234 Å². The lowest BCUT2D eigenvalue weighted by molar-refractivity contribution is 0.445. The van der Waals surface area contributed by atoms with Crippen LogP contribution in [0.1, 0.15) is 36.8 Å². The molecule has 0 spiro atoms. The molecule has 0 N–H and O–H groups in total. The van der Waals surface area contributed by atoms with Crippen molar-refractivity contribution < 1.29 is 12.8 Å². The van der Waals surface area contributed by atoms with Gasteiger partial charge in [0.25, 0.3) is 0 Å². The fraction of sp³-hybridized carbons (Fsp3) is 0.231. The predicted molar refractivity (Wildman–Crippen MR) is 155 cm³/mol. The van der Waals surface area contributed by atoms with E-state index in [0.717, 1.165) is 32.5 Å². The van der Waals surface area contributed by atoms with Crippen LogP contribution in [-0.2, 0) is 10.0 Å². The van der Waals surface area contributed by atoms with Gasteiger partial charge in [-0.05, 0) is 41.3 Å². The van der Waals surface area contributed by atoms with Crippen LogP contribution < -0.4 is 5.01 Å². The Morgan fingerprint density at radius 2 is 1.73 bits per heavy atom. The van der Waals surface area contributed by atoms with E-state index in [1.165, 1.54) is 27.8 Å². The molecule has 1 aliphatic rings. The van der Waals surface area contributed by atoms with Crippen LogP contribution >= 0.6 is 39.7 Å². The van der Waals surface area contributed by atoms with E-state index in [4.69, 9.17) is 10.1 Å². The van der Waals surface area contributed by atoms with Crippen LogP contribution in [0.3, 0.4) is 0 Å². The summed E-state index contributed by atoms with van der Waals surface area (Å²) in [5.74, 6) is -0.273. The number of thiazole rings is 1. The fourth-order valence-corrected chi connectivity index (χ4v) is 7.25. The third-order valence-corrected chi connectivity index (χ3v) is 9.97. The summed E-state index contributed by atoms with van der Waals surface area (Å²) >= 11 is 3.12. The zero-order valence-electron chi connectivity index (χ0n) is 20.2. The lowest BCUT2D eigenvalue weighted by Gasteiger charge is -2.21. The molecular formula is C26H26BrFN4O2S3. The molecule has 4 aromatic rings. The highest BCUT2D eigenvalue weighted by atomic mass is 79.9. The van der Waals surface area contributed by atoms with Gasteiger partial charge < -0.3 is 0 Å². The summed E-state index contributed by atoms with van der Waals surface area (Å²) in [5.41, 5.74) is 3.52. The Hall–Kier alpha value is -2.44. The second kappa shape index (κ2) is 11.5. The van der Waals surface area contributed by atoms with E-state index in [9.17, 15) is 12.8 Å². The number of hydrazone groups is 1. The van der Waals surface area contributed by atoms with Gasteiger partial charge in [-0.25, -0.2) is 22.8 Å². The first kappa shape index (κ1) is 27.6. The first-order valence-corrected chi connectivity index (χ1v) is 14.8. The van der Waals surface area contributed by atoms with Crippen LogP contribution in [0.25, 0.3) is 11.3 Å². The SMILES string of the molecule is Br.CCN(CC)S(=O)(=O)c1ccc(-c2csc(N3N=C(c4cccs4)CC3c3ccc(F)cc3)n2)cc1. The molecule has 0 amide bonds. The van der Waals surface area contributed by atoms with Crippen molar-refractivity contribution in [3.8, 4) is 11.3 Å². The van der Waals surface area contributed by atoms with E-state index in [1.54, 1.807) is 47.7 Å². The van der Waals surface area contributed by atoms with Crippen LogP contribution in [0.5, 0.6) is 0 Å². The summed E-state index contributed by atoms with van der Waals surface area (Å²) < 4.78 is 40.6. The van der Waals surface area contributed by atoms with Crippen LogP contribution in [0.15, 0.2) is 81.4 Å². The monoisotopic (exact) mass is 620 g/mol. The minimum absolute atomic E-state index is 0. The van der Waals surface area contributed by atoms with E-state index in [1.807, 2.05) is 35.7 Å². The molecule has 194 valence electrons. The number of hydrogen-bond donors (Lipinski definition) is 0. The summed E-state index contributed by atoms with van der Waals surface area (Å²) in [6.07, 6.45) is 0.693. The van der Waals surface area contributed by atoms with Crippen molar-refractivity contribution in [2.24, 2.45) is 5.10 Å². The summed E-state index contributed by atoms with van der Waals surface area (Å²) in [4.78, 5) is 6.21. The largest absolute Gasteiger partial charge is 0.243 e. The highest BCUT2D eigenvalue weighted by Crippen LogP contribution is 2.40. The van der Waals surface area contributed by atoms with Crippen LogP contribution in [0, 0.1) is 5.82 Å². The molecule has 0 aliphatic carbocycles. The zero-order valence-corrected chi connectivity index (χ0v) is 24.4. The van der Waals surface area contributed by atoms with Crippen molar-refractivity contribution in [1.82, 2.24) is 9.29 Å². The van der Waals surface area contributed by atoms with E-state index in [0.29, 0.717) is 19.5 Å². The number of nitrogens with zero attached hydrogens (tertiary/aromatic N) is 4. The number of rotatable bonds is 8. The highest BCUT2D eigenvalue weighted by molar-refractivity contribution is 8.93. The molecule has 2 aromatic heterocycles. The first-order valence-electron chi connectivity index (χ1n) is 11.6.